The van der Waals surface area contributed by atoms with E-state index in [0.29, 0.717) is 0 Å². The summed E-state index contributed by atoms with van der Waals surface area (Å²) in [5.74, 6) is 0. The summed E-state index contributed by atoms with van der Waals surface area (Å²) in [7, 11) is 0. The van der Waals surface area contributed by atoms with Gasteiger partial charge in [0.05, 0.1) is 23.5 Å². The third-order valence-corrected chi connectivity index (χ3v) is 4.51. The maximum Gasteiger partial charge on any atom is 0.150 e. The van der Waals surface area contributed by atoms with Crippen LogP contribution in [0.15, 0.2) is 42.6 Å². The van der Waals surface area contributed by atoms with Crippen LogP contribution in [0.1, 0.15) is 42.4 Å². The van der Waals surface area contributed by atoms with E-state index in [0.717, 1.165) is 53.7 Å². The van der Waals surface area contributed by atoms with E-state index in [1.54, 1.807) is 6.20 Å². The first-order valence-electron chi connectivity index (χ1n) is 8.68. The summed E-state index contributed by atoms with van der Waals surface area (Å²) in [6.07, 6.45) is 8.92. The fraction of sp³-hybridized carbons (Fsp3) is 0.300. The van der Waals surface area contributed by atoms with Crippen molar-refractivity contribution in [3.05, 3.63) is 59.5 Å². The first-order chi connectivity index (χ1) is 12.3. The Labute approximate surface area is 146 Å². The van der Waals surface area contributed by atoms with Gasteiger partial charge in [-0.25, -0.2) is 4.68 Å². The standard InChI is InChI=1S/C20H21N3O2/c24-14-15-7-10-19-17(13-15)18(9-8-16-5-1-3-11-21-16)22-23(19)20-6-2-4-12-25-20/h1,3,5,7-11,13,20,24H,2,4,6,12,14H2/b9-8+. The Bertz CT molecular complexity index is 881. The zero-order valence-electron chi connectivity index (χ0n) is 14.0. The van der Waals surface area contributed by atoms with Gasteiger partial charge in [0, 0.05) is 18.2 Å². The number of rotatable bonds is 4. The van der Waals surface area contributed by atoms with Crippen LogP contribution in [-0.4, -0.2) is 26.5 Å². The van der Waals surface area contributed by atoms with Crippen LogP contribution >= 0.6 is 0 Å². The Hall–Kier alpha value is -2.50. The zero-order chi connectivity index (χ0) is 17.1. The van der Waals surface area contributed by atoms with E-state index in [1.807, 2.05) is 53.2 Å². The predicted octanol–water partition coefficient (Wildman–Crippen LogP) is 3.79. The molecule has 1 fully saturated rings. The summed E-state index contributed by atoms with van der Waals surface area (Å²) < 4.78 is 7.90. The van der Waals surface area contributed by atoms with E-state index in [1.165, 1.54) is 0 Å². The van der Waals surface area contributed by atoms with E-state index in [4.69, 9.17) is 9.84 Å². The van der Waals surface area contributed by atoms with Crippen molar-refractivity contribution in [1.29, 1.82) is 0 Å². The number of aliphatic hydroxyl groups excluding tert-OH is 1. The molecule has 2 aromatic heterocycles. The van der Waals surface area contributed by atoms with Crippen LogP contribution in [0.4, 0.5) is 0 Å². The topological polar surface area (TPSA) is 60.2 Å². The van der Waals surface area contributed by atoms with Gasteiger partial charge >= 0.3 is 0 Å². The lowest BCUT2D eigenvalue weighted by Gasteiger charge is -2.23. The van der Waals surface area contributed by atoms with Crippen molar-refractivity contribution in [2.75, 3.05) is 6.61 Å². The van der Waals surface area contributed by atoms with Gasteiger partial charge in [-0.05, 0) is 61.2 Å². The molecule has 1 saturated heterocycles. The Morgan fingerprint density at radius 1 is 1.20 bits per heavy atom. The van der Waals surface area contributed by atoms with Gasteiger partial charge in [0.15, 0.2) is 6.23 Å². The number of nitrogens with zero attached hydrogens (tertiary/aromatic N) is 3. The molecule has 3 aromatic rings. The number of hydrogen-bond acceptors (Lipinski definition) is 4. The average Bonchev–Trinajstić information content (AvgIpc) is 3.05. The molecule has 3 heterocycles. The number of benzene rings is 1. The van der Waals surface area contributed by atoms with E-state index in [2.05, 4.69) is 4.98 Å². The zero-order valence-corrected chi connectivity index (χ0v) is 14.0. The summed E-state index contributed by atoms with van der Waals surface area (Å²) in [5, 5.41) is 15.3. The number of aliphatic hydroxyl groups is 1. The molecule has 0 aliphatic carbocycles. The molecule has 1 aromatic carbocycles. The Morgan fingerprint density at radius 2 is 2.16 bits per heavy atom. The van der Waals surface area contributed by atoms with Gasteiger partial charge in [0.1, 0.15) is 0 Å². The second-order valence-electron chi connectivity index (χ2n) is 6.25. The van der Waals surface area contributed by atoms with Crippen LogP contribution in [0, 0.1) is 0 Å². The number of ether oxygens (including phenoxy) is 1. The average molecular weight is 335 g/mol. The first-order valence-corrected chi connectivity index (χ1v) is 8.68. The summed E-state index contributed by atoms with van der Waals surface area (Å²) in [6, 6.07) is 11.8. The molecule has 5 heteroatoms. The van der Waals surface area contributed by atoms with Gasteiger partial charge in [-0.15, -0.1) is 0 Å². The number of aromatic nitrogens is 3. The van der Waals surface area contributed by atoms with Gasteiger partial charge in [-0.2, -0.15) is 5.10 Å². The first kappa shape index (κ1) is 16.0. The minimum absolute atomic E-state index is 0.0183. The maximum atomic E-state index is 9.47. The molecule has 1 aliphatic heterocycles. The number of fused-ring (bicyclic) bond motifs is 1. The highest BCUT2D eigenvalue weighted by Crippen LogP contribution is 2.29. The Balaban J connectivity index is 1.77. The highest BCUT2D eigenvalue weighted by Gasteiger charge is 2.20. The molecule has 0 bridgehead atoms. The van der Waals surface area contributed by atoms with Crippen LogP contribution in [0.2, 0.25) is 0 Å². The van der Waals surface area contributed by atoms with Crippen molar-refractivity contribution in [3.63, 3.8) is 0 Å². The van der Waals surface area contributed by atoms with Crippen molar-refractivity contribution < 1.29 is 9.84 Å². The normalized spacial score (nSPS) is 18.2. The molecule has 1 atom stereocenters. The van der Waals surface area contributed by atoms with Gasteiger partial charge in [-0.3, -0.25) is 4.98 Å². The SMILES string of the molecule is OCc1ccc2c(c1)c(/C=C/c1ccccn1)nn2C1CCCCO1. The van der Waals surface area contributed by atoms with Crippen molar-refractivity contribution >= 4 is 23.1 Å². The molecular weight excluding hydrogens is 314 g/mol. The molecule has 5 nitrogen and oxygen atoms in total. The van der Waals surface area contributed by atoms with Gasteiger partial charge in [-0.1, -0.05) is 12.1 Å². The monoisotopic (exact) mass is 335 g/mol. The molecular formula is C20H21N3O2. The Kier molecular flexibility index (Phi) is 4.59. The molecule has 0 amide bonds. The molecule has 25 heavy (non-hydrogen) atoms. The molecule has 0 spiro atoms. The fourth-order valence-corrected chi connectivity index (χ4v) is 3.21. The lowest BCUT2D eigenvalue weighted by Crippen LogP contribution is -2.19. The van der Waals surface area contributed by atoms with Crippen LogP contribution in [-0.2, 0) is 11.3 Å². The lowest BCUT2D eigenvalue weighted by atomic mass is 10.1. The maximum absolute atomic E-state index is 9.47. The van der Waals surface area contributed by atoms with Crippen LogP contribution < -0.4 is 0 Å². The highest BCUT2D eigenvalue weighted by atomic mass is 16.5. The minimum atomic E-state index is -0.0202. The third kappa shape index (κ3) is 3.34. The molecule has 0 saturated carbocycles. The van der Waals surface area contributed by atoms with Gasteiger partial charge in [0.2, 0.25) is 0 Å². The Morgan fingerprint density at radius 3 is 2.92 bits per heavy atom. The van der Waals surface area contributed by atoms with E-state index >= 15 is 0 Å². The predicted molar refractivity (Wildman–Crippen MR) is 97.7 cm³/mol. The number of pyridine rings is 1. The second-order valence-corrected chi connectivity index (χ2v) is 6.25. The third-order valence-electron chi connectivity index (χ3n) is 4.51. The van der Waals surface area contributed by atoms with E-state index in [-0.39, 0.29) is 12.8 Å². The van der Waals surface area contributed by atoms with Gasteiger partial charge in [0.25, 0.3) is 0 Å². The molecule has 1 aliphatic rings. The van der Waals surface area contributed by atoms with Crippen LogP contribution in [0.5, 0.6) is 0 Å². The van der Waals surface area contributed by atoms with E-state index < -0.39 is 0 Å². The van der Waals surface area contributed by atoms with Gasteiger partial charge < -0.3 is 9.84 Å². The highest BCUT2D eigenvalue weighted by molar-refractivity contribution is 5.90. The number of hydrogen-bond donors (Lipinski definition) is 1. The smallest absolute Gasteiger partial charge is 0.150 e. The van der Waals surface area contributed by atoms with Crippen molar-refractivity contribution in [2.24, 2.45) is 0 Å². The molecule has 1 unspecified atom stereocenters. The van der Waals surface area contributed by atoms with Crippen molar-refractivity contribution in [1.82, 2.24) is 14.8 Å². The summed E-state index contributed by atoms with van der Waals surface area (Å²) in [6.45, 7) is 0.796. The lowest BCUT2D eigenvalue weighted by molar-refractivity contribution is -0.0367. The van der Waals surface area contributed by atoms with Crippen molar-refractivity contribution in [2.45, 2.75) is 32.1 Å². The largest absolute Gasteiger partial charge is 0.392 e. The summed E-state index contributed by atoms with van der Waals surface area (Å²) >= 11 is 0. The minimum Gasteiger partial charge on any atom is -0.392 e. The van der Waals surface area contributed by atoms with Crippen LogP contribution in [0.3, 0.4) is 0 Å². The quantitative estimate of drug-likeness (QED) is 0.788. The van der Waals surface area contributed by atoms with Crippen molar-refractivity contribution in [3.8, 4) is 0 Å². The second kappa shape index (κ2) is 7.17. The summed E-state index contributed by atoms with van der Waals surface area (Å²) in [5.41, 5.74) is 3.66. The molecule has 128 valence electrons. The van der Waals surface area contributed by atoms with E-state index in [9.17, 15) is 5.11 Å². The van der Waals surface area contributed by atoms with Crippen LogP contribution in [0.25, 0.3) is 23.1 Å². The molecule has 4 rings (SSSR count). The fourth-order valence-electron chi connectivity index (χ4n) is 3.21. The molecule has 0 radical (unpaired) electrons. The molecule has 1 N–H and O–H groups in total. The summed E-state index contributed by atoms with van der Waals surface area (Å²) in [4.78, 5) is 4.32.